The first-order valence-corrected chi connectivity index (χ1v) is 7.02. The van der Waals surface area contributed by atoms with E-state index in [0.29, 0.717) is 23.7 Å². The van der Waals surface area contributed by atoms with Crippen molar-refractivity contribution < 1.29 is 13.2 Å². The number of alkyl halides is 3. The molecular formula is C14H18ClF3N2. The number of halogens is 4. The first-order valence-electron chi connectivity index (χ1n) is 6.64. The van der Waals surface area contributed by atoms with Crippen molar-refractivity contribution in [3.8, 4) is 0 Å². The van der Waals surface area contributed by atoms with Crippen LogP contribution in [-0.4, -0.2) is 37.3 Å². The van der Waals surface area contributed by atoms with E-state index in [2.05, 4.69) is 5.32 Å². The minimum atomic E-state index is -4.18. The highest BCUT2D eigenvalue weighted by molar-refractivity contribution is 6.30. The summed E-state index contributed by atoms with van der Waals surface area (Å²) < 4.78 is 38.7. The quantitative estimate of drug-likeness (QED) is 0.919. The van der Waals surface area contributed by atoms with Gasteiger partial charge in [0, 0.05) is 37.2 Å². The lowest BCUT2D eigenvalue weighted by molar-refractivity contribution is -0.148. The molecule has 1 fully saturated rings. The van der Waals surface area contributed by atoms with Crippen LogP contribution in [0.25, 0.3) is 0 Å². The first-order chi connectivity index (χ1) is 9.37. The van der Waals surface area contributed by atoms with Crippen LogP contribution in [0.2, 0.25) is 5.02 Å². The molecule has 0 saturated carbocycles. The van der Waals surface area contributed by atoms with E-state index in [9.17, 15) is 13.2 Å². The molecule has 1 aromatic rings. The van der Waals surface area contributed by atoms with Crippen LogP contribution in [0.5, 0.6) is 0 Å². The molecule has 1 saturated heterocycles. The van der Waals surface area contributed by atoms with Crippen molar-refractivity contribution in [3.63, 3.8) is 0 Å². The number of nitrogens with one attached hydrogen (secondary N) is 1. The number of rotatable bonds is 3. The molecule has 20 heavy (non-hydrogen) atoms. The van der Waals surface area contributed by atoms with Crippen molar-refractivity contribution in [1.29, 1.82) is 0 Å². The Labute approximate surface area is 121 Å². The van der Waals surface area contributed by atoms with Gasteiger partial charge in [0.2, 0.25) is 0 Å². The maximum atomic E-state index is 12.9. The lowest BCUT2D eigenvalue weighted by atomic mass is 9.96. The average Bonchev–Trinajstić information content (AvgIpc) is 2.36. The van der Waals surface area contributed by atoms with Crippen LogP contribution in [0.15, 0.2) is 18.2 Å². The maximum absolute atomic E-state index is 12.9. The van der Waals surface area contributed by atoms with Gasteiger partial charge >= 0.3 is 6.18 Å². The normalized spacial score (nSPS) is 19.1. The molecule has 2 nitrogen and oxygen atoms in total. The third-order valence-electron chi connectivity index (χ3n) is 3.61. The van der Waals surface area contributed by atoms with Crippen molar-refractivity contribution in [2.75, 3.05) is 26.2 Å². The van der Waals surface area contributed by atoms with Gasteiger partial charge in [0.1, 0.15) is 0 Å². The van der Waals surface area contributed by atoms with Crippen LogP contribution in [0, 0.1) is 6.92 Å². The first kappa shape index (κ1) is 15.6. The Morgan fingerprint density at radius 3 is 2.50 bits per heavy atom. The van der Waals surface area contributed by atoms with E-state index in [4.69, 9.17) is 11.6 Å². The van der Waals surface area contributed by atoms with Gasteiger partial charge in [0.15, 0.2) is 0 Å². The molecule has 1 atom stereocenters. The van der Waals surface area contributed by atoms with E-state index in [1.807, 2.05) is 11.8 Å². The summed E-state index contributed by atoms with van der Waals surface area (Å²) in [5.74, 6) is 0. The standard InChI is InChI=1S/C14H18ClF3N2/c1-10-8-11(15)2-3-12(10)13(9-14(16,17)18)20-6-4-19-5-7-20/h2-3,8,13,19H,4-7,9H2,1H3/t13-/m0/s1. The highest BCUT2D eigenvalue weighted by Gasteiger charge is 2.36. The molecule has 1 N–H and O–H groups in total. The number of nitrogens with zero attached hydrogens (tertiary/aromatic N) is 1. The predicted octanol–water partition coefficient (Wildman–Crippen LogP) is 3.55. The summed E-state index contributed by atoms with van der Waals surface area (Å²) >= 11 is 5.89. The van der Waals surface area contributed by atoms with Crippen LogP contribution in [0.4, 0.5) is 13.2 Å². The third-order valence-corrected chi connectivity index (χ3v) is 3.84. The minimum absolute atomic E-state index is 0.553. The molecule has 1 heterocycles. The van der Waals surface area contributed by atoms with Crippen LogP contribution in [0.1, 0.15) is 23.6 Å². The Balaban J connectivity index is 2.29. The van der Waals surface area contributed by atoms with E-state index >= 15 is 0 Å². The van der Waals surface area contributed by atoms with Gasteiger partial charge in [-0.2, -0.15) is 13.2 Å². The molecule has 0 aliphatic carbocycles. The molecule has 6 heteroatoms. The fraction of sp³-hybridized carbons (Fsp3) is 0.571. The fourth-order valence-electron chi connectivity index (χ4n) is 2.66. The molecule has 2 rings (SSSR count). The summed E-state index contributed by atoms with van der Waals surface area (Å²) in [7, 11) is 0. The van der Waals surface area contributed by atoms with Gasteiger partial charge in [-0.3, -0.25) is 4.90 Å². The minimum Gasteiger partial charge on any atom is -0.314 e. The summed E-state index contributed by atoms with van der Waals surface area (Å²) in [6.45, 7) is 4.51. The topological polar surface area (TPSA) is 15.3 Å². The van der Waals surface area contributed by atoms with Crippen molar-refractivity contribution in [2.45, 2.75) is 25.6 Å². The second kappa shape index (κ2) is 6.33. The Hall–Kier alpha value is -0.780. The molecule has 0 bridgehead atoms. The Morgan fingerprint density at radius 1 is 1.30 bits per heavy atom. The lowest BCUT2D eigenvalue weighted by Crippen LogP contribution is -2.46. The van der Waals surface area contributed by atoms with E-state index in [1.165, 1.54) is 0 Å². The van der Waals surface area contributed by atoms with Gasteiger partial charge in [-0.15, -0.1) is 0 Å². The van der Waals surface area contributed by atoms with Gasteiger partial charge in [-0.05, 0) is 30.2 Å². The van der Waals surface area contributed by atoms with E-state index < -0.39 is 18.6 Å². The largest absolute Gasteiger partial charge is 0.390 e. The molecule has 0 radical (unpaired) electrons. The van der Waals surface area contributed by atoms with Gasteiger partial charge in [-0.25, -0.2) is 0 Å². The smallest absolute Gasteiger partial charge is 0.314 e. The fourth-order valence-corrected chi connectivity index (χ4v) is 2.89. The van der Waals surface area contributed by atoms with Crippen LogP contribution in [-0.2, 0) is 0 Å². The summed E-state index contributed by atoms with van der Waals surface area (Å²) in [5, 5.41) is 3.72. The number of hydrogen-bond donors (Lipinski definition) is 1. The summed E-state index contributed by atoms with van der Waals surface area (Å²) in [6.07, 6.45) is -5.00. The van der Waals surface area contributed by atoms with Gasteiger partial charge in [0.05, 0.1) is 6.42 Å². The van der Waals surface area contributed by atoms with Crippen LogP contribution in [0.3, 0.4) is 0 Å². The zero-order valence-corrected chi connectivity index (χ0v) is 12.1. The number of aryl methyl sites for hydroxylation is 1. The molecule has 0 unspecified atom stereocenters. The van der Waals surface area contributed by atoms with Gasteiger partial charge in [-0.1, -0.05) is 17.7 Å². The molecule has 0 spiro atoms. The maximum Gasteiger partial charge on any atom is 0.390 e. The second-order valence-electron chi connectivity index (χ2n) is 5.12. The number of hydrogen-bond acceptors (Lipinski definition) is 2. The Kier molecular flexibility index (Phi) is 4.94. The number of piperazine rings is 1. The predicted molar refractivity (Wildman–Crippen MR) is 74.0 cm³/mol. The van der Waals surface area contributed by atoms with Crippen molar-refractivity contribution >= 4 is 11.6 Å². The van der Waals surface area contributed by atoms with Crippen LogP contribution < -0.4 is 5.32 Å². The molecule has 1 aliphatic rings. The molecule has 0 amide bonds. The molecule has 112 valence electrons. The van der Waals surface area contributed by atoms with E-state index in [1.54, 1.807) is 18.2 Å². The van der Waals surface area contributed by atoms with E-state index in [0.717, 1.165) is 18.7 Å². The second-order valence-corrected chi connectivity index (χ2v) is 5.56. The number of benzene rings is 1. The van der Waals surface area contributed by atoms with Gasteiger partial charge < -0.3 is 5.32 Å². The molecule has 1 aromatic carbocycles. The zero-order valence-electron chi connectivity index (χ0n) is 11.3. The van der Waals surface area contributed by atoms with Crippen molar-refractivity contribution in [3.05, 3.63) is 34.3 Å². The zero-order chi connectivity index (χ0) is 14.8. The summed E-state index contributed by atoms with van der Waals surface area (Å²) in [5.41, 5.74) is 1.53. The Bertz CT molecular complexity index is 456. The van der Waals surface area contributed by atoms with E-state index in [-0.39, 0.29) is 0 Å². The molecule has 1 aliphatic heterocycles. The SMILES string of the molecule is Cc1cc(Cl)ccc1[C@H](CC(F)(F)F)N1CCNCC1. The summed E-state index contributed by atoms with van der Waals surface area (Å²) in [6, 6.07) is 4.47. The molecule has 0 aromatic heterocycles. The molecular weight excluding hydrogens is 289 g/mol. The highest BCUT2D eigenvalue weighted by Crippen LogP contribution is 2.35. The lowest BCUT2D eigenvalue weighted by Gasteiger charge is -2.36. The average molecular weight is 307 g/mol. The van der Waals surface area contributed by atoms with Gasteiger partial charge in [0.25, 0.3) is 0 Å². The third kappa shape index (κ3) is 4.11. The highest BCUT2D eigenvalue weighted by atomic mass is 35.5. The van der Waals surface area contributed by atoms with Crippen LogP contribution >= 0.6 is 11.6 Å². The van der Waals surface area contributed by atoms with Crippen molar-refractivity contribution in [2.24, 2.45) is 0 Å². The Morgan fingerprint density at radius 2 is 1.95 bits per heavy atom. The summed E-state index contributed by atoms with van der Waals surface area (Å²) in [4.78, 5) is 1.90. The van der Waals surface area contributed by atoms with Crippen molar-refractivity contribution in [1.82, 2.24) is 10.2 Å². The monoisotopic (exact) mass is 306 g/mol.